The zero-order valence-electron chi connectivity index (χ0n) is 14.6. The maximum atomic E-state index is 12.7. The van der Waals surface area contributed by atoms with Crippen molar-refractivity contribution in [2.24, 2.45) is 0 Å². The maximum Gasteiger partial charge on any atom is 0.251 e. The number of carbonyl (C=O) groups excluding carboxylic acids is 2. The van der Waals surface area contributed by atoms with Gasteiger partial charge in [-0.1, -0.05) is 60.2 Å². The summed E-state index contributed by atoms with van der Waals surface area (Å²) in [4.78, 5) is 26.4. The van der Waals surface area contributed by atoms with Crippen LogP contribution in [0.25, 0.3) is 10.8 Å². The molecule has 1 aliphatic rings. The molecule has 0 bridgehead atoms. The summed E-state index contributed by atoms with van der Waals surface area (Å²) < 4.78 is 0. The lowest BCUT2D eigenvalue weighted by Gasteiger charge is -2.16. The quantitative estimate of drug-likeness (QED) is 0.736. The molecule has 4 rings (SSSR count). The van der Waals surface area contributed by atoms with Crippen molar-refractivity contribution in [1.82, 2.24) is 5.32 Å². The Kier molecular flexibility index (Phi) is 4.27. The number of hydrogen-bond donors (Lipinski definition) is 1. The number of fused-ring (bicyclic) bond motifs is 1. The molecule has 0 aromatic heterocycles. The average Bonchev–Trinajstić information content (AvgIpc) is 2.94. The fourth-order valence-electron chi connectivity index (χ4n) is 3.44. The summed E-state index contributed by atoms with van der Waals surface area (Å²) in [7, 11) is 0. The summed E-state index contributed by atoms with van der Waals surface area (Å²) in [5.74, 6) is -0.339. The molecule has 0 spiro atoms. The number of nitrogens with one attached hydrogen (secondary N) is 1. The third-order valence-corrected chi connectivity index (χ3v) is 4.86. The van der Waals surface area contributed by atoms with Gasteiger partial charge in [0.15, 0.2) is 0 Å². The van der Waals surface area contributed by atoms with E-state index in [-0.39, 0.29) is 18.2 Å². The molecule has 130 valence electrons. The highest BCUT2D eigenvalue weighted by molar-refractivity contribution is 6.22. The second-order valence-corrected chi connectivity index (χ2v) is 6.68. The van der Waals surface area contributed by atoms with Crippen LogP contribution < -0.4 is 10.2 Å². The van der Waals surface area contributed by atoms with Crippen LogP contribution in [0.3, 0.4) is 0 Å². The number of benzene rings is 3. The lowest BCUT2D eigenvalue weighted by molar-refractivity contribution is -0.121. The molecule has 0 saturated carbocycles. The molecule has 3 aromatic rings. The molecule has 3 aromatic carbocycles. The minimum absolute atomic E-state index is 0.158. The number of carbonyl (C=O) groups is 2. The molecule has 0 radical (unpaired) electrons. The number of anilines is 1. The van der Waals surface area contributed by atoms with Crippen molar-refractivity contribution < 1.29 is 9.59 Å². The topological polar surface area (TPSA) is 49.4 Å². The SMILES string of the molecule is Cc1ccc(N2C(=O)C[C@@H](NCc3cccc4ccccc34)C2=O)cc1. The Balaban J connectivity index is 1.51. The molecule has 1 saturated heterocycles. The van der Waals surface area contributed by atoms with Crippen molar-refractivity contribution in [2.75, 3.05) is 4.90 Å². The van der Waals surface area contributed by atoms with E-state index in [2.05, 4.69) is 23.5 Å². The summed E-state index contributed by atoms with van der Waals surface area (Å²) in [6.07, 6.45) is 0.192. The first-order chi connectivity index (χ1) is 12.6. The first-order valence-electron chi connectivity index (χ1n) is 8.77. The molecule has 4 nitrogen and oxygen atoms in total. The molecular formula is C22H20N2O2. The van der Waals surface area contributed by atoms with Crippen molar-refractivity contribution in [2.45, 2.75) is 25.9 Å². The van der Waals surface area contributed by atoms with Crippen molar-refractivity contribution in [1.29, 1.82) is 0 Å². The highest BCUT2D eigenvalue weighted by Crippen LogP contribution is 2.24. The van der Waals surface area contributed by atoms with Crippen molar-refractivity contribution in [3.8, 4) is 0 Å². The van der Waals surface area contributed by atoms with Crippen LogP contribution in [0.4, 0.5) is 5.69 Å². The highest BCUT2D eigenvalue weighted by Gasteiger charge is 2.39. The number of hydrogen-bond acceptors (Lipinski definition) is 3. The van der Waals surface area contributed by atoms with Crippen molar-refractivity contribution >= 4 is 28.3 Å². The maximum absolute atomic E-state index is 12.7. The first kappa shape index (κ1) is 16.5. The smallest absolute Gasteiger partial charge is 0.251 e. The van der Waals surface area contributed by atoms with E-state index >= 15 is 0 Å². The second kappa shape index (κ2) is 6.73. The predicted octanol–water partition coefficient (Wildman–Crippen LogP) is 3.57. The standard InChI is InChI=1S/C22H20N2O2/c1-15-9-11-18(12-10-15)24-21(25)13-20(22(24)26)23-14-17-7-4-6-16-5-2-3-8-19(16)17/h2-12,20,23H,13-14H2,1H3/t20-/m1/s1. The van der Waals surface area contributed by atoms with E-state index in [1.165, 1.54) is 10.3 Å². The molecule has 26 heavy (non-hydrogen) atoms. The summed E-state index contributed by atoms with van der Waals surface area (Å²) in [6, 6.07) is 21.3. The Hall–Kier alpha value is -2.98. The number of imide groups is 1. The first-order valence-corrected chi connectivity index (χ1v) is 8.77. The van der Waals surface area contributed by atoms with Gasteiger partial charge >= 0.3 is 0 Å². The fraction of sp³-hybridized carbons (Fsp3) is 0.182. The molecule has 2 amide bonds. The van der Waals surface area contributed by atoms with Gasteiger partial charge in [-0.05, 0) is 35.4 Å². The molecule has 0 aliphatic carbocycles. The van der Waals surface area contributed by atoms with Gasteiger partial charge in [-0.15, -0.1) is 0 Å². The molecule has 1 aliphatic heterocycles. The second-order valence-electron chi connectivity index (χ2n) is 6.68. The van der Waals surface area contributed by atoms with E-state index in [0.29, 0.717) is 12.2 Å². The largest absolute Gasteiger partial charge is 0.301 e. The fourth-order valence-corrected chi connectivity index (χ4v) is 3.44. The lowest BCUT2D eigenvalue weighted by Crippen LogP contribution is -2.38. The van der Waals surface area contributed by atoms with Crippen LogP contribution in [0.5, 0.6) is 0 Å². The summed E-state index contributed by atoms with van der Waals surface area (Å²) in [5.41, 5.74) is 2.86. The van der Waals surface area contributed by atoms with Gasteiger partial charge in [0.05, 0.1) is 18.2 Å². The van der Waals surface area contributed by atoms with Crippen LogP contribution in [0, 0.1) is 6.92 Å². The summed E-state index contributed by atoms with van der Waals surface area (Å²) in [5, 5.41) is 5.60. The van der Waals surface area contributed by atoms with Gasteiger partial charge in [-0.3, -0.25) is 9.59 Å². The molecule has 1 heterocycles. The third kappa shape index (κ3) is 3.00. The zero-order valence-corrected chi connectivity index (χ0v) is 14.6. The van der Waals surface area contributed by atoms with Crippen LogP contribution in [0.1, 0.15) is 17.5 Å². The Morgan fingerprint density at radius 3 is 2.50 bits per heavy atom. The Morgan fingerprint density at radius 1 is 0.962 bits per heavy atom. The lowest BCUT2D eigenvalue weighted by atomic mass is 10.0. The van der Waals surface area contributed by atoms with E-state index in [1.807, 2.05) is 55.5 Å². The van der Waals surface area contributed by atoms with Crippen LogP contribution in [0.15, 0.2) is 66.7 Å². The van der Waals surface area contributed by atoms with Gasteiger partial charge < -0.3 is 5.32 Å². The van der Waals surface area contributed by atoms with Gasteiger partial charge in [-0.25, -0.2) is 4.90 Å². The number of rotatable bonds is 4. The van der Waals surface area contributed by atoms with E-state index in [4.69, 9.17) is 0 Å². The highest BCUT2D eigenvalue weighted by atomic mass is 16.2. The van der Waals surface area contributed by atoms with Crippen LogP contribution >= 0.6 is 0 Å². The van der Waals surface area contributed by atoms with Gasteiger partial charge in [0.1, 0.15) is 0 Å². The number of nitrogens with zero attached hydrogens (tertiary/aromatic N) is 1. The predicted molar refractivity (Wildman–Crippen MR) is 103 cm³/mol. The number of amides is 2. The average molecular weight is 344 g/mol. The van der Waals surface area contributed by atoms with Gasteiger partial charge in [-0.2, -0.15) is 0 Å². The number of aryl methyl sites for hydroxylation is 1. The van der Waals surface area contributed by atoms with Crippen molar-refractivity contribution in [3.05, 3.63) is 77.9 Å². The monoisotopic (exact) mass is 344 g/mol. The molecule has 1 fully saturated rings. The molecular weight excluding hydrogens is 324 g/mol. The van der Waals surface area contributed by atoms with Gasteiger partial charge in [0.2, 0.25) is 5.91 Å². The van der Waals surface area contributed by atoms with Gasteiger partial charge in [0.25, 0.3) is 5.91 Å². The molecule has 0 unspecified atom stereocenters. The van der Waals surface area contributed by atoms with Crippen LogP contribution in [-0.4, -0.2) is 17.9 Å². The van der Waals surface area contributed by atoms with Crippen LogP contribution in [-0.2, 0) is 16.1 Å². The molecule has 4 heteroatoms. The Labute approximate surface area is 152 Å². The summed E-state index contributed by atoms with van der Waals surface area (Å²) >= 11 is 0. The van der Waals surface area contributed by atoms with Crippen LogP contribution in [0.2, 0.25) is 0 Å². The van der Waals surface area contributed by atoms with E-state index in [1.54, 1.807) is 0 Å². The van der Waals surface area contributed by atoms with E-state index in [9.17, 15) is 9.59 Å². The summed E-state index contributed by atoms with van der Waals surface area (Å²) in [6.45, 7) is 2.53. The minimum atomic E-state index is -0.484. The Bertz CT molecular complexity index is 974. The van der Waals surface area contributed by atoms with Crippen molar-refractivity contribution in [3.63, 3.8) is 0 Å². The zero-order chi connectivity index (χ0) is 18.1. The third-order valence-electron chi connectivity index (χ3n) is 4.86. The Morgan fingerprint density at radius 2 is 1.69 bits per heavy atom. The van der Waals surface area contributed by atoms with E-state index in [0.717, 1.165) is 16.5 Å². The van der Waals surface area contributed by atoms with E-state index < -0.39 is 6.04 Å². The minimum Gasteiger partial charge on any atom is -0.301 e. The molecule has 1 atom stereocenters. The van der Waals surface area contributed by atoms with Gasteiger partial charge in [0, 0.05) is 6.54 Å². The normalized spacial score (nSPS) is 17.3. The molecule has 1 N–H and O–H groups in total.